The lowest BCUT2D eigenvalue weighted by atomic mass is 10.0. The maximum absolute atomic E-state index is 5.83. The lowest BCUT2D eigenvalue weighted by molar-refractivity contribution is 0.0684. The molecule has 0 aliphatic carbocycles. The van der Waals surface area contributed by atoms with Crippen molar-refractivity contribution in [1.29, 1.82) is 0 Å². The van der Waals surface area contributed by atoms with Gasteiger partial charge in [0.2, 0.25) is 11.2 Å². The second kappa shape index (κ2) is 6.15. The summed E-state index contributed by atoms with van der Waals surface area (Å²) in [6, 6.07) is 0.240. The summed E-state index contributed by atoms with van der Waals surface area (Å²) in [6.45, 7) is 2.55. The van der Waals surface area contributed by atoms with Crippen molar-refractivity contribution in [3.05, 3.63) is 5.28 Å². The molecule has 0 aromatic carbocycles. The average molecular weight is 273 g/mol. The third-order valence-corrected chi connectivity index (χ3v) is 3.14. The summed E-state index contributed by atoms with van der Waals surface area (Å²) in [5, 5.41) is 0.149. The molecule has 1 aromatic rings. The molecule has 100 valence electrons. The number of aromatic nitrogens is 3. The third kappa shape index (κ3) is 3.43. The molecule has 1 saturated heterocycles. The zero-order valence-electron chi connectivity index (χ0n) is 10.6. The molecule has 0 spiro atoms. The van der Waals surface area contributed by atoms with Gasteiger partial charge in [0.25, 0.3) is 0 Å². The number of hydrogen-bond acceptors (Lipinski definition) is 6. The van der Waals surface area contributed by atoms with Crippen molar-refractivity contribution in [2.75, 3.05) is 38.8 Å². The van der Waals surface area contributed by atoms with Crippen LogP contribution in [0.25, 0.3) is 0 Å². The van der Waals surface area contributed by atoms with E-state index in [1.54, 1.807) is 0 Å². The molecular weight excluding hydrogens is 256 g/mol. The van der Waals surface area contributed by atoms with Gasteiger partial charge >= 0.3 is 6.01 Å². The average Bonchev–Trinajstić information content (AvgIpc) is 2.39. The van der Waals surface area contributed by atoms with Gasteiger partial charge in [-0.05, 0) is 30.4 Å². The molecule has 1 aromatic heterocycles. The quantitative estimate of drug-likeness (QED) is 0.826. The highest BCUT2D eigenvalue weighted by Crippen LogP contribution is 2.19. The van der Waals surface area contributed by atoms with Gasteiger partial charge in [0.05, 0.1) is 7.11 Å². The van der Waals surface area contributed by atoms with Crippen LogP contribution in [-0.2, 0) is 4.74 Å². The minimum Gasteiger partial charge on any atom is -0.467 e. The van der Waals surface area contributed by atoms with Gasteiger partial charge in [0.1, 0.15) is 0 Å². The van der Waals surface area contributed by atoms with Crippen LogP contribution in [-0.4, -0.2) is 48.9 Å². The van der Waals surface area contributed by atoms with Crippen LogP contribution in [0.15, 0.2) is 0 Å². The first kappa shape index (κ1) is 13.3. The SMILES string of the molecule is COc1nc(Cl)nc(N(C)CC2CCOCC2)n1. The summed E-state index contributed by atoms with van der Waals surface area (Å²) >= 11 is 5.83. The molecule has 2 heterocycles. The Bertz CT molecular complexity index is 399. The van der Waals surface area contributed by atoms with E-state index < -0.39 is 0 Å². The number of halogens is 1. The van der Waals surface area contributed by atoms with Crippen LogP contribution in [0, 0.1) is 5.92 Å². The molecule has 0 bridgehead atoms. The van der Waals surface area contributed by atoms with E-state index in [1.807, 2.05) is 11.9 Å². The van der Waals surface area contributed by atoms with E-state index in [4.69, 9.17) is 21.1 Å². The van der Waals surface area contributed by atoms with E-state index in [0.29, 0.717) is 11.9 Å². The molecular formula is C11H17ClN4O2. The van der Waals surface area contributed by atoms with Crippen LogP contribution in [0.1, 0.15) is 12.8 Å². The van der Waals surface area contributed by atoms with E-state index in [-0.39, 0.29) is 11.3 Å². The van der Waals surface area contributed by atoms with Crippen molar-refractivity contribution >= 4 is 17.5 Å². The molecule has 0 radical (unpaired) electrons. The highest BCUT2D eigenvalue weighted by molar-refractivity contribution is 6.28. The van der Waals surface area contributed by atoms with Gasteiger partial charge in [0, 0.05) is 26.8 Å². The maximum atomic E-state index is 5.83. The smallest absolute Gasteiger partial charge is 0.322 e. The lowest BCUT2D eigenvalue weighted by Crippen LogP contribution is -2.30. The Balaban J connectivity index is 2.02. The summed E-state index contributed by atoms with van der Waals surface area (Å²) in [5.41, 5.74) is 0. The van der Waals surface area contributed by atoms with E-state index in [2.05, 4.69) is 15.0 Å². The normalized spacial score (nSPS) is 16.6. The van der Waals surface area contributed by atoms with Crippen LogP contribution in [0.5, 0.6) is 6.01 Å². The van der Waals surface area contributed by atoms with Crippen LogP contribution in [0.2, 0.25) is 5.28 Å². The number of anilines is 1. The molecule has 0 amide bonds. The van der Waals surface area contributed by atoms with Crippen LogP contribution in [0.4, 0.5) is 5.95 Å². The minimum absolute atomic E-state index is 0.149. The van der Waals surface area contributed by atoms with Crippen molar-refractivity contribution in [2.45, 2.75) is 12.8 Å². The Morgan fingerprint density at radius 2 is 2.06 bits per heavy atom. The van der Waals surface area contributed by atoms with Crippen molar-refractivity contribution < 1.29 is 9.47 Å². The predicted molar refractivity (Wildman–Crippen MR) is 68.2 cm³/mol. The van der Waals surface area contributed by atoms with Crippen molar-refractivity contribution in [3.8, 4) is 6.01 Å². The predicted octanol–water partition coefficient (Wildman–Crippen LogP) is 1.40. The fourth-order valence-corrected chi connectivity index (χ4v) is 2.13. The fourth-order valence-electron chi connectivity index (χ4n) is 1.98. The van der Waals surface area contributed by atoms with E-state index >= 15 is 0 Å². The van der Waals surface area contributed by atoms with Gasteiger partial charge in [-0.2, -0.15) is 15.0 Å². The molecule has 0 unspecified atom stereocenters. The molecule has 1 aliphatic heterocycles. The first-order valence-corrected chi connectivity index (χ1v) is 6.31. The molecule has 18 heavy (non-hydrogen) atoms. The third-order valence-electron chi connectivity index (χ3n) is 2.97. The first-order valence-electron chi connectivity index (χ1n) is 5.93. The van der Waals surface area contributed by atoms with Gasteiger partial charge in [-0.25, -0.2) is 0 Å². The molecule has 0 saturated carbocycles. The molecule has 1 fully saturated rings. The van der Waals surface area contributed by atoms with E-state index in [9.17, 15) is 0 Å². The highest BCUT2D eigenvalue weighted by Gasteiger charge is 2.18. The zero-order chi connectivity index (χ0) is 13.0. The second-order valence-corrected chi connectivity index (χ2v) is 4.67. The number of nitrogens with zero attached hydrogens (tertiary/aromatic N) is 4. The fraction of sp³-hybridized carbons (Fsp3) is 0.727. The van der Waals surface area contributed by atoms with Crippen molar-refractivity contribution in [1.82, 2.24) is 15.0 Å². The number of hydrogen-bond donors (Lipinski definition) is 0. The summed E-state index contributed by atoms with van der Waals surface area (Å²) < 4.78 is 10.3. The van der Waals surface area contributed by atoms with Crippen LogP contribution < -0.4 is 9.64 Å². The Kier molecular flexibility index (Phi) is 4.54. The van der Waals surface area contributed by atoms with E-state index in [0.717, 1.165) is 32.6 Å². The molecule has 2 rings (SSSR count). The number of ether oxygens (including phenoxy) is 2. The van der Waals surface area contributed by atoms with E-state index in [1.165, 1.54) is 7.11 Å². The monoisotopic (exact) mass is 272 g/mol. The summed E-state index contributed by atoms with van der Waals surface area (Å²) in [4.78, 5) is 14.1. The summed E-state index contributed by atoms with van der Waals surface area (Å²) in [6.07, 6.45) is 2.14. The van der Waals surface area contributed by atoms with Gasteiger partial charge in [0.15, 0.2) is 0 Å². The Hall–Kier alpha value is -1.14. The molecule has 7 heteroatoms. The zero-order valence-corrected chi connectivity index (χ0v) is 11.4. The van der Waals surface area contributed by atoms with Gasteiger partial charge in [-0.1, -0.05) is 0 Å². The van der Waals surface area contributed by atoms with Crippen LogP contribution >= 0.6 is 11.6 Å². The lowest BCUT2D eigenvalue weighted by Gasteiger charge is -2.27. The largest absolute Gasteiger partial charge is 0.467 e. The Morgan fingerprint density at radius 3 is 2.72 bits per heavy atom. The molecule has 0 N–H and O–H groups in total. The molecule has 6 nitrogen and oxygen atoms in total. The van der Waals surface area contributed by atoms with Crippen LogP contribution in [0.3, 0.4) is 0 Å². The van der Waals surface area contributed by atoms with Gasteiger partial charge in [-0.3, -0.25) is 0 Å². The van der Waals surface area contributed by atoms with Crippen molar-refractivity contribution in [3.63, 3.8) is 0 Å². The standard InChI is InChI=1S/C11H17ClN4O2/c1-16(7-8-3-5-18-6-4-8)10-13-9(12)14-11(15-10)17-2/h8H,3-7H2,1-2H3. The highest BCUT2D eigenvalue weighted by atomic mass is 35.5. The topological polar surface area (TPSA) is 60.4 Å². The number of rotatable bonds is 4. The minimum atomic E-state index is 0.149. The first-order chi connectivity index (χ1) is 8.69. The summed E-state index contributed by atoms with van der Waals surface area (Å²) in [5.74, 6) is 1.14. The summed E-state index contributed by atoms with van der Waals surface area (Å²) in [7, 11) is 3.45. The Labute approximate surface area is 111 Å². The number of methoxy groups -OCH3 is 1. The molecule has 0 atom stereocenters. The Morgan fingerprint density at radius 1 is 1.33 bits per heavy atom. The van der Waals surface area contributed by atoms with Gasteiger partial charge in [-0.15, -0.1) is 0 Å². The van der Waals surface area contributed by atoms with Gasteiger partial charge < -0.3 is 14.4 Å². The second-order valence-electron chi connectivity index (χ2n) is 4.33. The van der Waals surface area contributed by atoms with Crippen molar-refractivity contribution in [2.24, 2.45) is 5.92 Å². The molecule has 1 aliphatic rings. The maximum Gasteiger partial charge on any atom is 0.322 e.